The van der Waals surface area contributed by atoms with Crippen molar-refractivity contribution in [2.45, 2.75) is 158 Å². The summed E-state index contributed by atoms with van der Waals surface area (Å²) in [6, 6.07) is 0. The van der Waals surface area contributed by atoms with Crippen LogP contribution >= 0.6 is 24.8 Å². The van der Waals surface area contributed by atoms with Crippen LogP contribution in [0.5, 0.6) is 0 Å². The van der Waals surface area contributed by atoms with E-state index in [0.29, 0.717) is 0 Å². The summed E-state index contributed by atoms with van der Waals surface area (Å²) in [5.74, 6) is 0. The molecule has 39 heavy (non-hydrogen) atoms. The van der Waals surface area contributed by atoms with Gasteiger partial charge in [-0.05, 0) is 125 Å². The van der Waals surface area contributed by atoms with E-state index in [-0.39, 0.29) is 24.8 Å². The summed E-state index contributed by atoms with van der Waals surface area (Å²) < 4.78 is 50.8. The molecule has 0 heterocycles. The molecule has 242 valence electrons. The van der Waals surface area contributed by atoms with Crippen LogP contribution in [0.3, 0.4) is 0 Å². The predicted octanol–water partition coefficient (Wildman–Crippen LogP) is 6.32. The fraction of sp³-hybridized carbons (Fsp3) is 1.00. The van der Waals surface area contributed by atoms with Crippen molar-refractivity contribution in [2.75, 3.05) is 0 Å². The van der Waals surface area contributed by atoms with E-state index in [4.69, 9.17) is 33.4 Å². The van der Waals surface area contributed by atoms with Crippen LogP contribution in [-0.2, 0) is 51.8 Å². The Balaban J connectivity index is -0.000000171. The molecule has 0 atom stereocenters. The second-order valence-corrected chi connectivity index (χ2v) is 18.1. The molecule has 0 bridgehead atoms. The summed E-state index contributed by atoms with van der Waals surface area (Å²) in [6.45, 7) is 33.6. The van der Waals surface area contributed by atoms with E-state index in [1.54, 1.807) is 0 Å². The summed E-state index contributed by atoms with van der Waals surface area (Å²) in [5, 5.41) is 0. The first-order chi connectivity index (χ1) is 15.7. The summed E-state index contributed by atoms with van der Waals surface area (Å²) in [7, 11) is -7.31. The van der Waals surface area contributed by atoms with Crippen LogP contribution in [0.2, 0.25) is 0 Å². The van der Waals surface area contributed by atoms with Gasteiger partial charge in [-0.2, -0.15) is 0 Å². The van der Waals surface area contributed by atoms with Gasteiger partial charge in [-0.1, -0.05) is 0 Å². The number of hydrogen-bond donors (Lipinski definition) is 2. The van der Waals surface area contributed by atoms with E-state index in [0.717, 1.165) is 0 Å². The Morgan fingerprint density at radius 2 is 0.462 bits per heavy atom. The maximum atomic E-state index is 10.5. The zero-order valence-electron chi connectivity index (χ0n) is 27.4. The Morgan fingerprint density at radius 3 is 0.513 bits per heavy atom. The molecule has 0 fully saturated rings. The van der Waals surface area contributed by atoms with E-state index in [9.17, 15) is 9.59 Å². The Hall–Kier alpha value is 0.982. The quantitative estimate of drug-likeness (QED) is 0.300. The Kier molecular flexibility index (Phi) is 22.8. The van der Waals surface area contributed by atoms with Gasteiger partial charge in [0.1, 0.15) is 0 Å². The molecule has 0 aromatic heterocycles. The van der Waals surface area contributed by atoms with Gasteiger partial charge in [-0.15, -0.1) is 24.8 Å². The molecule has 10 nitrogen and oxygen atoms in total. The van der Waals surface area contributed by atoms with Gasteiger partial charge in [0.2, 0.25) is 0 Å². The monoisotopic (exact) mass is 730 g/mol. The molecule has 0 amide bonds. The first-order valence-corrected chi connectivity index (χ1v) is 17.2. The van der Waals surface area contributed by atoms with Crippen LogP contribution in [0.4, 0.5) is 0 Å². The molecule has 0 aromatic rings. The maximum absolute atomic E-state index is 10.5. The minimum absolute atomic E-state index is 0. The van der Waals surface area contributed by atoms with Gasteiger partial charge >= 0.3 is 43.4 Å². The summed E-state index contributed by atoms with van der Waals surface area (Å²) >= 11 is -2.03. The summed E-state index contributed by atoms with van der Waals surface area (Å²) in [4.78, 5) is 21.0. The fourth-order valence-corrected chi connectivity index (χ4v) is 7.34. The van der Waals surface area contributed by atoms with Crippen molar-refractivity contribution < 1.29 is 61.4 Å². The third-order valence-electron chi connectivity index (χ3n) is 2.61. The molecular formula is C24H58Cl2MoO10Si2. The van der Waals surface area contributed by atoms with Crippen molar-refractivity contribution in [3.05, 3.63) is 0 Å². The topological polar surface area (TPSA) is 130 Å². The summed E-state index contributed by atoms with van der Waals surface area (Å²) in [6.07, 6.45) is 0. The Labute approximate surface area is 261 Å². The van der Waals surface area contributed by atoms with Crippen LogP contribution in [-0.4, -0.2) is 61.3 Å². The van der Waals surface area contributed by atoms with Crippen molar-refractivity contribution in [2.24, 2.45) is 0 Å². The van der Waals surface area contributed by atoms with Crippen molar-refractivity contribution in [3.8, 4) is 0 Å². The molecular weight excluding hydrogens is 671 g/mol. The van der Waals surface area contributed by atoms with E-state index >= 15 is 0 Å². The molecule has 0 saturated heterocycles. The van der Waals surface area contributed by atoms with E-state index < -0.39 is 70.2 Å². The van der Waals surface area contributed by atoms with E-state index in [2.05, 4.69) is 0 Å². The molecule has 0 aliphatic heterocycles. The molecule has 0 aromatic carbocycles. The third-order valence-corrected chi connectivity index (χ3v) is 7.83. The minimum atomic E-state index is -3.66. The number of halogens is 2. The van der Waals surface area contributed by atoms with Gasteiger partial charge in [0.05, 0.1) is 33.6 Å². The van der Waals surface area contributed by atoms with Crippen LogP contribution in [0.15, 0.2) is 0 Å². The van der Waals surface area contributed by atoms with Crippen molar-refractivity contribution in [3.63, 3.8) is 0 Å². The van der Waals surface area contributed by atoms with Crippen molar-refractivity contribution in [1.29, 1.82) is 0 Å². The average molecular weight is 730 g/mol. The van der Waals surface area contributed by atoms with Gasteiger partial charge in [0.15, 0.2) is 0 Å². The first-order valence-electron chi connectivity index (χ1n) is 12.2. The van der Waals surface area contributed by atoms with Gasteiger partial charge in [0, 0.05) is 0 Å². The third kappa shape index (κ3) is 39.0. The first kappa shape index (κ1) is 49.6. The summed E-state index contributed by atoms with van der Waals surface area (Å²) in [5.41, 5.74) is -3.10. The molecule has 0 radical (unpaired) electrons. The van der Waals surface area contributed by atoms with Crippen LogP contribution in [0, 0.1) is 0 Å². The molecule has 0 unspecified atom stereocenters. The van der Waals surface area contributed by atoms with Gasteiger partial charge in [-0.25, -0.2) is 0 Å². The zero-order chi connectivity index (χ0) is 30.9. The van der Waals surface area contributed by atoms with Gasteiger partial charge in [0.25, 0.3) is 0 Å². The molecule has 0 spiro atoms. The van der Waals surface area contributed by atoms with Crippen LogP contribution in [0.1, 0.15) is 125 Å². The second-order valence-electron chi connectivity index (χ2n) is 14.4. The molecule has 15 heteroatoms. The number of hydrogen-bond acceptors (Lipinski definition) is 10. The van der Waals surface area contributed by atoms with Crippen LogP contribution in [0.25, 0.3) is 0 Å². The van der Waals surface area contributed by atoms with E-state index in [1.807, 2.05) is 125 Å². The van der Waals surface area contributed by atoms with Gasteiger partial charge in [-0.3, -0.25) is 0 Å². The zero-order valence-corrected chi connectivity index (χ0v) is 33.0. The Bertz CT molecular complexity index is 561. The van der Waals surface area contributed by atoms with Crippen LogP contribution < -0.4 is 0 Å². The second kappa shape index (κ2) is 17.9. The normalized spacial score (nSPS) is 13.5. The van der Waals surface area contributed by atoms with Gasteiger partial charge < -0.3 is 36.1 Å². The molecule has 0 saturated carbocycles. The standard InChI is InChI=1S/2C12H28O4Si.2ClH.Mo.2O/c2*1-10(2,3)14-17(13,15-11(4,5)6)16-12(7,8)9;;;;;/h2*13H,1-9H3;2*1H;;;. The molecule has 0 aliphatic carbocycles. The molecule has 0 rings (SSSR count). The average Bonchev–Trinajstić information content (AvgIpc) is 2.32. The van der Waals surface area contributed by atoms with E-state index in [1.165, 1.54) is 0 Å². The number of rotatable bonds is 6. The predicted molar refractivity (Wildman–Crippen MR) is 157 cm³/mol. The molecule has 2 N–H and O–H groups in total. The van der Waals surface area contributed by atoms with Crippen molar-refractivity contribution >= 4 is 42.9 Å². The molecule has 0 aliphatic rings. The Morgan fingerprint density at radius 1 is 0.385 bits per heavy atom. The SMILES string of the molecule is CC(C)(C)O[Si](O)(OC(C)(C)C)OC(C)(C)C.CC(C)(C)O[Si](O)(OC(C)(C)C)OC(C)(C)C.Cl.Cl.[O]=[Mo]=[O]. The van der Waals surface area contributed by atoms with Crippen molar-refractivity contribution in [1.82, 2.24) is 0 Å². The fourth-order valence-electron chi connectivity index (χ4n) is 2.45.